The molecular weight excluding hydrogens is 759 g/mol. The van der Waals surface area contributed by atoms with Crippen molar-refractivity contribution in [1.29, 1.82) is 0 Å². The molecule has 16 heteroatoms. The van der Waals surface area contributed by atoms with Gasteiger partial charge >= 0.3 is 12.2 Å². The van der Waals surface area contributed by atoms with E-state index in [4.69, 9.17) is 16.3 Å². The van der Waals surface area contributed by atoms with Crippen molar-refractivity contribution in [3.8, 4) is 6.01 Å². The average Bonchev–Trinajstić information content (AvgIpc) is 4.01. The molecule has 0 unspecified atom stereocenters. The van der Waals surface area contributed by atoms with Gasteiger partial charge in [0.15, 0.2) is 12.4 Å². The standard InChI is InChI=1S/C39H41ClF3N5O6S/c1-2-26-21-37(26,33(51)48-55(52,53)29-4-3-5-29)22-31(50)36(16-17-36)15-14-30(49)25-8-6-24(7-9-25)20-32-44-34(46-35(45-32)54-23-39(41,42)43)47-38(18-19-38)27-10-12-28(40)13-11-27/h2,6-13,26,29H,1,3-5,14-23H2,(H,48,51)(H,44,45,46,47)/t26-,37-/m1/s1. The highest BCUT2D eigenvalue weighted by molar-refractivity contribution is 7.90. The summed E-state index contributed by atoms with van der Waals surface area (Å²) >= 11 is 6.05. The van der Waals surface area contributed by atoms with Crippen LogP contribution in [0.5, 0.6) is 6.01 Å². The summed E-state index contributed by atoms with van der Waals surface area (Å²) < 4.78 is 71.4. The van der Waals surface area contributed by atoms with Crippen molar-refractivity contribution < 1.29 is 40.7 Å². The number of rotatable bonds is 18. The highest BCUT2D eigenvalue weighted by Gasteiger charge is 2.63. The smallest absolute Gasteiger partial charge is 0.422 e. The van der Waals surface area contributed by atoms with Gasteiger partial charge in [-0.25, -0.2) is 8.42 Å². The molecule has 0 radical (unpaired) electrons. The Hall–Kier alpha value is -4.37. The minimum Gasteiger partial charge on any atom is -0.454 e. The SMILES string of the molecule is C=C[C@@H]1C[C@]1(CC(=O)C1(CCC(=O)c2ccc(Cc3nc(NC4(c5ccc(Cl)cc5)CC4)nc(OCC(F)(F)F)n3)cc2)CC1)C(=O)NS(=O)(=O)C1CCC1. The third-order valence-corrected chi connectivity index (χ3v) is 13.6. The number of amides is 1. The van der Waals surface area contributed by atoms with Gasteiger partial charge < -0.3 is 10.1 Å². The van der Waals surface area contributed by atoms with Crippen LogP contribution in [0.25, 0.3) is 0 Å². The molecule has 1 amide bonds. The summed E-state index contributed by atoms with van der Waals surface area (Å²) in [4.78, 5) is 52.9. The molecule has 7 rings (SSSR count). The van der Waals surface area contributed by atoms with Crippen LogP contribution in [-0.2, 0) is 31.6 Å². The largest absolute Gasteiger partial charge is 0.454 e. The van der Waals surface area contributed by atoms with Crippen LogP contribution in [0.3, 0.4) is 0 Å². The molecule has 4 saturated carbocycles. The third kappa shape index (κ3) is 8.72. The molecule has 0 saturated heterocycles. The molecule has 55 heavy (non-hydrogen) atoms. The number of carbonyl (C=O) groups is 3. The topological polar surface area (TPSA) is 157 Å². The number of Topliss-reactive ketones (excluding diaryl/α,β-unsaturated/α-hetero) is 2. The lowest BCUT2D eigenvalue weighted by molar-refractivity contribution is -0.154. The second-order valence-corrected chi connectivity index (χ2v) is 17.8. The first-order valence-electron chi connectivity index (χ1n) is 18.4. The number of anilines is 1. The van der Waals surface area contributed by atoms with Gasteiger partial charge in [0, 0.05) is 35.3 Å². The fourth-order valence-corrected chi connectivity index (χ4v) is 9.01. The summed E-state index contributed by atoms with van der Waals surface area (Å²) in [5.41, 5.74) is -0.331. The van der Waals surface area contributed by atoms with E-state index in [0.717, 1.165) is 24.8 Å². The maximum absolute atomic E-state index is 13.6. The number of hydrogen-bond acceptors (Lipinski definition) is 10. The Bertz CT molecular complexity index is 2100. The number of alkyl halides is 3. The Labute approximate surface area is 322 Å². The van der Waals surface area contributed by atoms with E-state index >= 15 is 0 Å². The van der Waals surface area contributed by atoms with Crippen LogP contribution in [0.2, 0.25) is 5.02 Å². The molecule has 0 bridgehead atoms. The highest BCUT2D eigenvalue weighted by Crippen LogP contribution is 2.60. The first kappa shape index (κ1) is 38.9. The summed E-state index contributed by atoms with van der Waals surface area (Å²) in [7, 11) is -3.80. The number of ketones is 2. The molecule has 2 aromatic carbocycles. The molecule has 4 aliphatic rings. The summed E-state index contributed by atoms with van der Waals surface area (Å²) in [5, 5.41) is 3.24. The Kier molecular flexibility index (Phi) is 10.3. The van der Waals surface area contributed by atoms with Gasteiger partial charge in [0.05, 0.1) is 16.2 Å². The van der Waals surface area contributed by atoms with Crippen molar-refractivity contribution in [3.63, 3.8) is 0 Å². The first-order chi connectivity index (χ1) is 26.0. The van der Waals surface area contributed by atoms with Gasteiger partial charge in [0.2, 0.25) is 21.9 Å². The van der Waals surface area contributed by atoms with Gasteiger partial charge in [-0.2, -0.15) is 28.1 Å². The van der Waals surface area contributed by atoms with E-state index in [9.17, 15) is 36.0 Å². The first-order valence-corrected chi connectivity index (χ1v) is 20.3. The highest BCUT2D eigenvalue weighted by atomic mass is 35.5. The average molecular weight is 800 g/mol. The number of halogens is 4. The second kappa shape index (κ2) is 14.6. The maximum Gasteiger partial charge on any atom is 0.422 e. The van der Waals surface area contributed by atoms with Gasteiger partial charge in [-0.15, -0.1) is 6.58 Å². The van der Waals surface area contributed by atoms with Crippen LogP contribution in [0.15, 0.2) is 61.2 Å². The fourth-order valence-electron chi connectivity index (χ4n) is 7.30. The number of carbonyl (C=O) groups excluding carboxylic acids is 3. The number of hydrogen-bond donors (Lipinski definition) is 2. The predicted molar refractivity (Wildman–Crippen MR) is 197 cm³/mol. The zero-order valence-corrected chi connectivity index (χ0v) is 31.5. The number of sulfonamides is 1. The minimum absolute atomic E-state index is 0.0666. The lowest BCUT2D eigenvalue weighted by Crippen LogP contribution is -2.45. The molecule has 4 aliphatic carbocycles. The van der Waals surface area contributed by atoms with E-state index in [1.165, 1.54) is 0 Å². The summed E-state index contributed by atoms with van der Waals surface area (Å²) in [6.45, 7) is 2.20. The van der Waals surface area contributed by atoms with E-state index in [0.29, 0.717) is 54.7 Å². The molecule has 3 aromatic rings. The molecule has 2 N–H and O–H groups in total. The molecule has 2 atom stereocenters. The van der Waals surface area contributed by atoms with Crippen molar-refractivity contribution >= 4 is 45.0 Å². The van der Waals surface area contributed by atoms with E-state index in [2.05, 4.69) is 31.6 Å². The van der Waals surface area contributed by atoms with Crippen molar-refractivity contribution in [3.05, 3.63) is 88.7 Å². The van der Waals surface area contributed by atoms with E-state index in [-0.39, 0.29) is 48.5 Å². The fraction of sp³-hybridized carbons (Fsp3) is 0.487. The van der Waals surface area contributed by atoms with Crippen molar-refractivity contribution in [1.82, 2.24) is 19.7 Å². The van der Waals surface area contributed by atoms with Crippen molar-refractivity contribution in [2.75, 3.05) is 11.9 Å². The minimum atomic E-state index is -4.60. The molecule has 0 spiro atoms. The number of aromatic nitrogens is 3. The number of benzene rings is 2. The Morgan fingerprint density at radius 3 is 2.24 bits per heavy atom. The zero-order chi connectivity index (χ0) is 39.2. The van der Waals surface area contributed by atoms with Gasteiger partial charge in [-0.1, -0.05) is 60.5 Å². The summed E-state index contributed by atoms with van der Waals surface area (Å²) in [6.07, 6.45) is 2.27. The number of allylic oxidation sites excluding steroid dienone is 1. The maximum atomic E-state index is 13.6. The van der Waals surface area contributed by atoms with E-state index in [1.54, 1.807) is 42.5 Å². The molecule has 1 aromatic heterocycles. The summed E-state index contributed by atoms with van der Waals surface area (Å²) in [6, 6.07) is 13.5. The van der Waals surface area contributed by atoms with Crippen LogP contribution >= 0.6 is 11.6 Å². The number of ether oxygens (including phenoxy) is 1. The Balaban J connectivity index is 0.976. The van der Waals surface area contributed by atoms with Crippen LogP contribution in [0.1, 0.15) is 97.9 Å². The Morgan fingerprint density at radius 2 is 1.67 bits per heavy atom. The van der Waals surface area contributed by atoms with Crippen LogP contribution in [0, 0.1) is 16.7 Å². The molecule has 1 heterocycles. The lowest BCUT2D eigenvalue weighted by Gasteiger charge is -2.27. The lowest BCUT2D eigenvalue weighted by atomic mass is 9.84. The zero-order valence-electron chi connectivity index (χ0n) is 30.0. The molecule has 0 aliphatic heterocycles. The third-order valence-electron chi connectivity index (χ3n) is 11.5. The van der Waals surface area contributed by atoms with Gasteiger partial charge in [0.1, 0.15) is 11.6 Å². The summed E-state index contributed by atoms with van der Waals surface area (Å²) in [5.74, 6) is -1.03. The number of nitrogens with zero attached hydrogens (tertiary/aromatic N) is 3. The molecular formula is C39H41ClF3N5O6S. The Morgan fingerprint density at radius 1 is 0.982 bits per heavy atom. The number of nitrogens with one attached hydrogen (secondary N) is 2. The van der Waals surface area contributed by atoms with Crippen LogP contribution in [-0.4, -0.2) is 58.9 Å². The normalized spacial score (nSPS) is 22.1. The van der Waals surface area contributed by atoms with Crippen LogP contribution in [0.4, 0.5) is 19.1 Å². The van der Waals surface area contributed by atoms with Gasteiger partial charge in [-0.3, -0.25) is 19.1 Å². The van der Waals surface area contributed by atoms with Crippen LogP contribution < -0.4 is 14.8 Å². The van der Waals surface area contributed by atoms with Gasteiger partial charge in [0.25, 0.3) is 0 Å². The van der Waals surface area contributed by atoms with E-state index in [1.807, 2.05) is 12.1 Å². The molecule has 4 fully saturated rings. The molecule has 11 nitrogen and oxygen atoms in total. The van der Waals surface area contributed by atoms with E-state index < -0.39 is 56.3 Å². The second-order valence-electron chi connectivity index (χ2n) is 15.4. The van der Waals surface area contributed by atoms with Crippen molar-refractivity contribution in [2.24, 2.45) is 16.7 Å². The molecule has 292 valence electrons. The van der Waals surface area contributed by atoms with Crippen molar-refractivity contribution in [2.45, 2.75) is 94.0 Å². The quantitative estimate of drug-likeness (QED) is 0.101. The predicted octanol–water partition coefficient (Wildman–Crippen LogP) is 7.05. The monoisotopic (exact) mass is 799 g/mol. The van der Waals surface area contributed by atoms with Gasteiger partial charge in [-0.05, 0) is 80.5 Å².